The molecule has 2 aromatic rings. The average Bonchev–Trinajstić information content (AvgIpc) is 2.60. The predicted octanol–water partition coefficient (Wildman–Crippen LogP) is 3.92. The maximum Gasteiger partial charge on any atom is 0.352 e. The van der Waals surface area contributed by atoms with Crippen LogP contribution in [0.5, 0.6) is 5.75 Å². The summed E-state index contributed by atoms with van der Waals surface area (Å²) in [5.74, 6) is -0.596. The van der Waals surface area contributed by atoms with Crippen LogP contribution in [-0.4, -0.2) is 25.7 Å². The number of benzene rings is 2. The SMILES string of the molecule is CCOC(=O)C(OC(=O)c1ccc(OC)cc1)c1ccc(Br)cc1. The minimum absolute atomic E-state index is 0.200. The molecule has 1 unspecified atom stereocenters. The zero-order valence-corrected chi connectivity index (χ0v) is 14.9. The quantitative estimate of drug-likeness (QED) is 0.697. The van der Waals surface area contributed by atoms with Crippen molar-refractivity contribution >= 4 is 27.9 Å². The van der Waals surface area contributed by atoms with Crippen molar-refractivity contribution in [2.45, 2.75) is 13.0 Å². The monoisotopic (exact) mass is 392 g/mol. The van der Waals surface area contributed by atoms with Crippen molar-refractivity contribution in [3.63, 3.8) is 0 Å². The van der Waals surface area contributed by atoms with Gasteiger partial charge in [-0.3, -0.25) is 0 Å². The third-order valence-electron chi connectivity index (χ3n) is 3.22. The molecule has 0 aliphatic carbocycles. The summed E-state index contributed by atoms with van der Waals surface area (Å²) in [6, 6.07) is 13.4. The van der Waals surface area contributed by atoms with Crippen molar-refractivity contribution in [3.8, 4) is 5.75 Å². The van der Waals surface area contributed by atoms with E-state index in [0.717, 1.165) is 4.47 Å². The van der Waals surface area contributed by atoms with Crippen molar-refractivity contribution < 1.29 is 23.8 Å². The van der Waals surface area contributed by atoms with Crippen LogP contribution in [-0.2, 0) is 14.3 Å². The summed E-state index contributed by atoms with van der Waals surface area (Å²) >= 11 is 3.33. The highest BCUT2D eigenvalue weighted by Crippen LogP contribution is 2.23. The van der Waals surface area contributed by atoms with Crippen molar-refractivity contribution in [2.24, 2.45) is 0 Å². The Kier molecular flexibility index (Phi) is 6.37. The molecule has 1 atom stereocenters. The first-order valence-electron chi connectivity index (χ1n) is 7.32. The molecule has 0 spiro atoms. The number of hydrogen-bond acceptors (Lipinski definition) is 5. The van der Waals surface area contributed by atoms with E-state index < -0.39 is 18.0 Å². The van der Waals surface area contributed by atoms with Crippen LogP contribution >= 0.6 is 15.9 Å². The molecule has 6 heteroatoms. The highest BCUT2D eigenvalue weighted by molar-refractivity contribution is 9.10. The molecule has 0 bridgehead atoms. The second kappa shape index (κ2) is 8.49. The number of ether oxygens (including phenoxy) is 3. The van der Waals surface area contributed by atoms with E-state index in [2.05, 4.69) is 15.9 Å². The van der Waals surface area contributed by atoms with Gasteiger partial charge < -0.3 is 14.2 Å². The maximum atomic E-state index is 12.3. The maximum absolute atomic E-state index is 12.3. The van der Waals surface area contributed by atoms with Gasteiger partial charge in [0.1, 0.15) is 5.75 Å². The molecular formula is C18H17BrO5. The lowest BCUT2D eigenvalue weighted by atomic mass is 10.1. The fraction of sp³-hybridized carbons (Fsp3) is 0.222. The number of hydrogen-bond donors (Lipinski definition) is 0. The first kappa shape index (κ1) is 18.0. The zero-order chi connectivity index (χ0) is 17.5. The van der Waals surface area contributed by atoms with Gasteiger partial charge in [0.25, 0.3) is 0 Å². The van der Waals surface area contributed by atoms with E-state index in [0.29, 0.717) is 16.9 Å². The van der Waals surface area contributed by atoms with Gasteiger partial charge in [-0.15, -0.1) is 0 Å². The molecule has 0 radical (unpaired) electrons. The van der Waals surface area contributed by atoms with Crippen LogP contribution in [0, 0.1) is 0 Å². The molecule has 0 N–H and O–H groups in total. The Morgan fingerprint density at radius 1 is 1.04 bits per heavy atom. The lowest BCUT2D eigenvalue weighted by Crippen LogP contribution is -2.22. The molecule has 0 aliphatic heterocycles. The number of carbonyl (C=O) groups excluding carboxylic acids is 2. The first-order valence-corrected chi connectivity index (χ1v) is 8.11. The Hall–Kier alpha value is -2.34. The van der Waals surface area contributed by atoms with Gasteiger partial charge in [-0.2, -0.15) is 0 Å². The minimum Gasteiger partial charge on any atom is -0.497 e. The molecule has 5 nitrogen and oxygen atoms in total. The topological polar surface area (TPSA) is 61.8 Å². The molecule has 2 rings (SSSR count). The number of rotatable bonds is 6. The third kappa shape index (κ3) is 4.58. The van der Waals surface area contributed by atoms with E-state index >= 15 is 0 Å². The number of halogens is 1. The summed E-state index contributed by atoms with van der Waals surface area (Å²) in [6.07, 6.45) is -1.12. The van der Waals surface area contributed by atoms with Gasteiger partial charge in [0, 0.05) is 10.0 Å². The van der Waals surface area contributed by atoms with Gasteiger partial charge in [-0.25, -0.2) is 9.59 Å². The number of methoxy groups -OCH3 is 1. The average molecular weight is 393 g/mol. The van der Waals surface area contributed by atoms with Crippen molar-refractivity contribution in [1.82, 2.24) is 0 Å². The Morgan fingerprint density at radius 2 is 1.67 bits per heavy atom. The fourth-order valence-electron chi connectivity index (χ4n) is 2.01. The molecule has 24 heavy (non-hydrogen) atoms. The van der Waals surface area contributed by atoms with Crippen molar-refractivity contribution in [3.05, 3.63) is 64.1 Å². The highest BCUT2D eigenvalue weighted by Gasteiger charge is 2.27. The van der Waals surface area contributed by atoms with E-state index in [-0.39, 0.29) is 6.61 Å². The van der Waals surface area contributed by atoms with Gasteiger partial charge in [-0.05, 0) is 43.3 Å². The molecule has 0 fully saturated rings. The summed E-state index contributed by atoms with van der Waals surface area (Å²) < 4.78 is 16.3. The smallest absolute Gasteiger partial charge is 0.352 e. The molecule has 0 aliphatic rings. The van der Waals surface area contributed by atoms with Crippen molar-refractivity contribution in [1.29, 1.82) is 0 Å². The summed E-state index contributed by atoms with van der Waals surface area (Å²) in [5.41, 5.74) is 0.862. The Labute approximate surface area is 148 Å². The largest absolute Gasteiger partial charge is 0.497 e. The fourth-order valence-corrected chi connectivity index (χ4v) is 2.27. The molecule has 2 aromatic carbocycles. The van der Waals surface area contributed by atoms with Gasteiger partial charge in [0.15, 0.2) is 0 Å². The highest BCUT2D eigenvalue weighted by atomic mass is 79.9. The van der Waals surface area contributed by atoms with Crippen LogP contribution in [0.4, 0.5) is 0 Å². The molecule has 0 heterocycles. The second-order valence-electron chi connectivity index (χ2n) is 4.82. The Balaban J connectivity index is 2.21. The second-order valence-corrected chi connectivity index (χ2v) is 5.73. The van der Waals surface area contributed by atoms with Crippen molar-refractivity contribution in [2.75, 3.05) is 13.7 Å². The molecule has 0 saturated carbocycles. The van der Waals surface area contributed by atoms with Crippen LogP contribution in [0.3, 0.4) is 0 Å². The van der Waals surface area contributed by atoms with Crippen LogP contribution in [0.2, 0.25) is 0 Å². The molecular weight excluding hydrogens is 376 g/mol. The van der Waals surface area contributed by atoms with Crippen LogP contribution in [0.25, 0.3) is 0 Å². The summed E-state index contributed by atoms with van der Waals surface area (Å²) in [7, 11) is 1.54. The lowest BCUT2D eigenvalue weighted by Gasteiger charge is -2.17. The molecule has 0 saturated heterocycles. The Morgan fingerprint density at radius 3 is 2.21 bits per heavy atom. The van der Waals surface area contributed by atoms with Gasteiger partial charge in [0.2, 0.25) is 6.10 Å². The third-order valence-corrected chi connectivity index (χ3v) is 3.75. The summed E-state index contributed by atoms with van der Waals surface area (Å²) in [4.78, 5) is 24.5. The number of esters is 2. The van der Waals surface area contributed by atoms with E-state index in [9.17, 15) is 9.59 Å². The van der Waals surface area contributed by atoms with E-state index in [4.69, 9.17) is 14.2 Å². The van der Waals surface area contributed by atoms with E-state index in [1.807, 2.05) is 0 Å². The first-order chi connectivity index (χ1) is 11.5. The lowest BCUT2D eigenvalue weighted by molar-refractivity contribution is -0.153. The molecule has 0 aromatic heterocycles. The predicted molar refractivity (Wildman–Crippen MR) is 91.9 cm³/mol. The van der Waals surface area contributed by atoms with Gasteiger partial charge in [0.05, 0.1) is 19.3 Å². The van der Waals surface area contributed by atoms with Crippen LogP contribution in [0.1, 0.15) is 28.9 Å². The van der Waals surface area contributed by atoms with Crippen LogP contribution in [0.15, 0.2) is 53.0 Å². The normalized spacial score (nSPS) is 11.5. The van der Waals surface area contributed by atoms with E-state index in [1.165, 1.54) is 7.11 Å². The van der Waals surface area contributed by atoms with E-state index in [1.54, 1.807) is 55.5 Å². The summed E-state index contributed by atoms with van der Waals surface area (Å²) in [6.45, 7) is 1.90. The number of carbonyl (C=O) groups is 2. The molecule has 126 valence electrons. The molecule has 0 amide bonds. The Bertz CT molecular complexity index is 694. The van der Waals surface area contributed by atoms with Gasteiger partial charge >= 0.3 is 11.9 Å². The van der Waals surface area contributed by atoms with Crippen LogP contribution < -0.4 is 4.74 Å². The summed E-state index contributed by atoms with van der Waals surface area (Å²) in [5, 5.41) is 0. The standard InChI is InChI=1S/C18H17BrO5/c1-3-23-18(21)16(12-4-8-14(19)9-5-12)24-17(20)13-6-10-15(22-2)11-7-13/h4-11,16H,3H2,1-2H3. The zero-order valence-electron chi connectivity index (χ0n) is 13.3. The van der Waals surface area contributed by atoms with Gasteiger partial charge in [-0.1, -0.05) is 28.1 Å². The minimum atomic E-state index is -1.12.